The Kier molecular flexibility index (Phi) is 2.99. The molecule has 0 fully saturated rings. The fraction of sp³-hybridized carbons (Fsp3) is 0.125. The van der Waals surface area contributed by atoms with E-state index in [2.05, 4.69) is 31.2 Å². The van der Waals surface area contributed by atoms with Gasteiger partial charge in [0.15, 0.2) is 0 Å². The van der Waals surface area contributed by atoms with Crippen LogP contribution in [0, 0.1) is 17.0 Å². The molecule has 0 aliphatic rings. The molecule has 4 nitrogen and oxygen atoms in total. The Hall–Kier alpha value is -2.62. The van der Waals surface area contributed by atoms with Crippen molar-refractivity contribution in [3.63, 3.8) is 0 Å². The lowest BCUT2D eigenvalue weighted by Crippen LogP contribution is -1.98. The number of aromatic nitrogens is 1. The Balaban J connectivity index is 2.00. The Morgan fingerprint density at radius 1 is 1.10 bits per heavy atom. The number of non-ortho nitro benzene ring substituents is 1. The van der Waals surface area contributed by atoms with Gasteiger partial charge in [-0.1, -0.05) is 29.8 Å². The third-order valence-electron chi connectivity index (χ3n) is 3.44. The molecule has 0 spiro atoms. The van der Waals surface area contributed by atoms with Crippen LogP contribution in [-0.2, 0) is 6.54 Å². The van der Waals surface area contributed by atoms with Gasteiger partial charge in [-0.05, 0) is 24.6 Å². The van der Waals surface area contributed by atoms with Crippen molar-refractivity contribution >= 4 is 16.6 Å². The topological polar surface area (TPSA) is 48.1 Å². The quantitative estimate of drug-likeness (QED) is 0.533. The number of hydrogen-bond donors (Lipinski definition) is 0. The van der Waals surface area contributed by atoms with Gasteiger partial charge in [0.1, 0.15) is 0 Å². The maximum atomic E-state index is 10.9. The van der Waals surface area contributed by atoms with Crippen LogP contribution in [0.25, 0.3) is 10.9 Å². The number of aryl methyl sites for hydroxylation is 1. The van der Waals surface area contributed by atoms with Crippen LogP contribution in [-0.4, -0.2) is 9.49 Å². The van der Waals surface area contributed by atoms with E-state index in [-0.39, 0.29) is 10.6 Å². The van der Waals surface area contributed by atoms with Crippen LogP contribution in [0.2, 0.25) is 0 Å². The number of nitrogens with zero attached hydrogens (tertiary/aromatic N) is 2. The molecule has 100 valence electrons. The van der Waals surface area contributed by atoms with E-state index in [1.54, 1.807) is 18.2 Å². The molecule has 20 heavy (non-hydrogen) atoms. The molecule has 0 saturated carbocycles. The molecule has 4 heteroatoms. The molecule has 0 N–H and O–H groups in total. The fourth-order valence-corrected chi connectivity index (χ4v) is 2.31. The molecule has 0 radical (unpaired) electrons. The number of nitro groups is 1. The number of hydrogen-bond acceptors (Lipinski definition) is 2. The summed E-state index contributed by atoms with van der Waals surface area (Å²) in [6, 6.07) is 15.2. The SMILES string of the molecule is Cc1ccc(Cn2ccc3ccc([N+](=O)[O-])cc32)cc1. The second kappa shape index (κ2) is 4.81. The van der Waals surface area contributed by atoms with Crippen molar-refractivity contribution in [2.24, 2.45) is 0 Å². The Morgan fingerprint density at radius 2 is 1.85 bits per heavy atom. The summed E-state index contributed by atoms with van der Waals surface area (Å²) in [5, 5.41) is 11.9. The lowest BCUT2D eigenvalue weighted by atomic mass is 10.1. The van der Waals surface area contributed by atoms with E-state index in [0.717, 1.165) is 10.9 Å². The summed E-state index contributed by atoms with van der Waals surface area (Å²) in [6.45, 7) is 2.77. The average molecular weight is 266 g/mol. The van der Waals surface area contributed by atoms with Gasteiger partial charge in [-0.3, -0.25) is 10.1 Å². The standard InChI is InChI=1S/C16H14N2O2/c1-12-2-4-13(5-3-12)11-17-9-8-14-6-7-15(18(19)20)10-16(14)17/h2-10H,11H2,1H3. The molecule has 0 aliphatic carbocycles. The molecule has 0 bridgehead atoms. The summed E-state index contributed by atoms with van der Waals surface area (Å²) in [5.41, 5.74) is 3.42. The van der Waals surface area contributed by atoms with Crippen molar-refractivity contribution in [3.05, 3.63) is 76.0 Å². The number of nitro benzene ring substituents is 1. The zero-order valence-electron chi connectivity index (χ0n) is 11.1. The average Bonchev–Trinajstić information content (AvgIpc) is 2.84. The predicted octanol–water partition coefficient (Wildman–Crippen LogP) is 3.91. The van der Waals surface area contributed by atoms with Gasteiger partial charge in [-0.25, -0.2) is 0 Å². The van der Waals surface area contributed by atoms with E-state index in [1.807, 2.05) is 16.8 Å². The van der Waals surface area contributed by atoms with Crippen molar-refractivity contribution in [1.29, 1.82) is 0 Å². The van der Waals surface area contributed by atoms with Gasteiger partial charge in [0, 0.05) is 30.3 Å². The molecule has 2 aromatic carbocycles. The highest BCUT2D eigenvalue weighted by Crippen LogP contribution is 2.22. The van der Waals surface area contributed by atoms with Crippen LogP contribution >= 0.6 is 0 Å². The summed E-state index contributed by atoms with van der Waals surface area (Å²) < 4.78 is 2.03. The molecular formula is C16H14N2O2. The summed E-state index contributed by atoms with van der Waals surface area (Å²) in [4.78, 5) is 10.5. The first-order valence-corrected chi connectivity index (χ1v) is 6.42. The van der Waals surface area contributed by atoms with Crippen LogP contribution in [0.5, 0.6) is 0 Å². The fourth-order valence-electron chi connectivity index (χ4n) is 2.31. The van der Waals surface area contributed by atoms with Crippen LogP contribution in [0.1, 0.15) is 11.1 Å². The van der Waals surface area contributed by atoms with E-state index in [9.17, 15) is 10.1 Å². The maximum Gasteiger partial charge on any atom is 0.271 e. The highest BCUT2D eigenvalue weighted by atomic mass is 16.6. The van der Waals surface area contributed by atoms with Crippen LogP contribution in [0.3, 0.4) is 0 Å². The van der Waals surface area contributed by atoms with E-state index in [4.69, 9.17) is 0 Å². The zero-order chi connectivity index (χ0) is 14.1. The summed E-state index contributed by atoms with van der Waals surface area (Å²) in [7, 11) is 0. The van der Waals surface area contributed by atoms with Gasteiger partial charge in [-0.2, -0.15) is 0 Å². The maximum absolute atomic E-state index is 10.9. The molecule has 0 atom stereocenters. The van der Waals surface area contributed by atoms with Crippen molar-refractivity contribution in [1.82, 2.24) is 4.57 Å². The van der Waals surface area contributed by atoms with E-state index in [0.29, 0.717) is 6.54 Å². The smallest absolute Gasteiger partial charge is 0.271 e. The van der Waals surface area contributed by atoms with Crippen LogP contribution < -0.4 is 0 Å². The molecule has 0 aliphatic heterocycles. The first-order valence-electron chi connectivity index (χ1n) is 6.42. The second-order valence-corrected chi connectivity index (χ2v) is 4.93. The summed E-state index contributed by atoms with van der Waals surface area (Å²) in [5.74, 6) is 0. The molecular weight excluding hydrogens is 252 g/mol. The van der Waals surface area contributed by atoms with Gasteiger partial charge < -0.3 is 4.57 Å². The second-order valence-electron chi connectivity index (χ2n) is 4.93. The third kappa shape index (κ3) is 2.28. The Labute approximate surface area is 116 Å². The summed E-state index contributed by atoms with van der Waals surface area (Å²) >= 11 is 0. The van der Waals surface area contributed by atoms with E-state index < -0.39 is 0 Å². The summed E-state index contributed by atoms with van der Waals surface area (Å²) in [6.07, 6.45) is 1.97. The first kappa shape index (κ1) is 12.4. The van der Waals surface area contributed by atoms with Crippen LogP contribution in [0.4, 0.5) is 5.69 Å². The highest BCUT2D eigenvalue weighted by Gasteiger charge is 2.09. The molecule has 1 heterocycles. The molecule has 1 aromatic heterocycles. The Morgan fingerprint density at radius 3 is 2.55 bits per heavy atom. The molecule has 0 saturated heterocycles. The number of rotatable bonds is 3. The van der Waals surface area contributed by atoms with E-state index >= 15 is 0 Å². The lowest BCUT2D eigenvalue weighted by Gasteiger charge is -2.06. The minimum Gasteiger partial charge on any atom is -0.343 e. The van der Waals surface area contributed by atoms with Crippen molar-refractivity contribution < 1.29 is 4.92 Å². The lowest BCUT2D eigenvalue weighted by molar-refractivity contribution is -0.384. The minimum atomic E-state index is -0.358. The molecule has 3 aromatic rings. The monoisotopic (exact) mass is 266 g/mol. The minimum absolute atomic E-state index is 0.126. The molecule has 0 unspecified atom stereocenters. The van der Waals surface area contributed by atoms with Crippen molar-refractivity contribution in [2.75, 3.05) is 0 Å². The van der Waals surface area contributed by atoms with Gasteiger partial charge >= 0.3 is 0 Å². The Bertz CT molecular complexity index is 773. The normalized spacial score (nSPS) is 10.8. The number of fused-ring (bicyclic) bond motifs is 1. The van der Waals surface area contributed by atoms with Gasteiger partial charge in [-0.15, -0.1) is 0 Å². The van der Waals surface area contributed by atoms with Gasteiger partial charge in [0.2, 0.25) is 0 Å². The van der Waals surface area contributed by atoms with Gasteiger partial charge in [0.25, 0.3) is 5.69 Å². The number of benzene rings is 2. The van der Waals surface area contributed by atoms with Crippen molar-refractivity contribution in [3.8, 4) is 0 Å². The van der Waals surface area contributed by atoms with Gasteiger partial charge in [0.05, 0.1) is 10.4 Å². The zero-order valence-corrected chi connectivity index (χ0v) is 11.1. The van der Waals surface area contributed by atoms with Crippen molar-refractivity contribution in [2.45, 2.75) is 13.5 Å². The first-order chi connectivity index (χ1) is 9.63. The third-order valence-corrected chi connectivity index (χ3v) is 3.44. The molecule has 0 amide bonds. The van der Waals surface area contributed by atoms with Crippen LogP contribution in [0.15, 0.2) is 54.7 Å². The highest BCUT2D eigenvalue weighted by molar-refractivity contribution is 5.82. The molecule has 3 rings (SSSR count). The predicted molar refractivity (Wildman–Crippen MR) is 78.9 cm³/mol. The van der Waals surface area contributed by atoms with E-state index in [1.165, 1.54) is 11.1 Å². The largest absolute Gasteiger partial charge is 0.343 e.